The van der Waals surface area contributed by atoms with Gasteiger partial charge in [-0.2, -0.15) is 0 Å². The summed E-state index contributed by atoms with van der Waals surface area (Å²) >= 11 is 0. The van der Waals surface area contributed by atoms with Gasteiger partial charge in [0, 0.05) is 18.8 Å². The molecule has 2 heteroatoms. The molecule has 0 saturated heterocycles. The van der Waals surface area contributed by atoms with Crippen LogP contribution >= 0.6 is 0 Å². The first-order valence-corrected chi connectivity index (χ1v) is 8.58. The Balaban J connectivity index is 1.74. The minimum absolute atomic E-state index is 0.691. The topological polar surface area (TPSA) is 24.9 Å². The van der Waals surface area contributed by atoms with Gasteiger partial charge in [-0.3, -0.25) is 4.98 Å². The molecule has 0 bridgehead atoms. The number of nitrogens with zero attached hydrogens (tertiary/aromatic N) is 1. The number of hydrogen-bond acceptors (Lipinski definition) is 2. The molecule has 112 valence electrons. The second-order valence-corrected chi connectivity index (χ2v) is 6.16. The first kappa shape index (κ1) is 15.5. The van der Waals surface area contributed by atoms with Crippen molar-refractivity contribution in [1.82, 2.24) is 10.3 Å². The molecule has 0 aliphatic heterocycles. The molecule has 1 fully saturated rings. The molecule has 1 heterocycles. The molecule has 0 radical (unpaired) electrons. The predicted molar refractivity (Wildman–Crippen MR) is 85.7 cm³/mol. The maximum absolute atomic E-state index is 4.40. The van der Waals surface area contributed by atoms with Gasteiger partial charge in [0.2, 0.25) is 0 Å². The molecule has 2 rings (SSSR count). The van der Waals surface area contributed by atoms with Gasteiger partial charge in [0.1, 0.15) is 0 Å². The number of pyridine rings is 1. The molecule has 0 unspecified atom stereocenters. The molecular weight excluding hydrogens is 244 g/mol. The third-order valence-corrected chi connectivity index (χ3v) is 4.40. The van der Waals surface area contributed by atoms with Crippen LogP contribution in [0.5, 0.6) is 0 Å². The number of nitrogens with one attached hydrogen (secondary N) is 1. The predicted octanol–water partition coefficient (Wildman–Crippen LogP) is 4.84. The van der Waals surface area contributed by atoms with E-state index < -0.39 is 0 Å². The van der Waals surface area contributed by atoms with Gasteiger partial charge in [-0.15, -0.1) is 0 Å². The monoisotopic (exact) mass is 274 g/mol. The molecule has 0 aromatic carbocycles. The molecule has 0 spiro atoms. The van der Waals surface area contributed by atoms with Crippen molar-refractivity contribution in [3.8, 4) is 0 Å². The average Bonchev–Trinajstić information content (AvgIpc) is 2.48. The first-order chi connectivity index (χ1) is 9.95. The minimum Gasteiger partial charge on any atom is -0.308 e. The number of hydrogen-bond donors (Lipinski definition) is 1. The minimum atomic E-state index is 0.691. The third-order valence-electron chi connectivity index (χ3n) is 4.40. The summed E-state index contributed by atoms with van der Waals surface area (Å²) in [5, 5.41) is 3.73. The van der Waals surface area contributed by atoms with E-state index in [4.69, 9.17) is 0 Å². The van der Waals surface area contributed by atoms with Crippen molar-refractivity contribution in [3.05, 3.63) is 30.1 Å². The largest absolute Gasteiger partial charge is 0.308 e. The van der Waals surface area contributed by atoms with Gasteiger partial charge in [0.15, 0.2) is 0 Å². The fourth-order valence-electron chi connectivity index (χ4n) is 3.12. The van der Waals surface area contributed by atoms with Crippen LogP contribution in [0, 0.1) is 0 Å². The van der Waals surface area contributed by atoms with Crippen molar-refractivity contribution in [2.75, 3.05) is 0 Å². The molecule has 0 amide bonds. The van der Waals surface area contributed by atoms with Crippen LogP contribution in [0.15, 0.2) is 24.4 Å². The van der Waals surface area contributed by atoms with Gasteiger partial charge in [-0.1, -0.05) is 63.9 Å². The van der Waals surface area contributed by atoms with Gasteiger partial charge in [-0.25, -0.2) is 0 Å². The zero-order chi connectivity index (χ0) is 13.9. The van der Waals surface area contributed by atoms with Crippen LogP contribution in [0.3, 0.4) is 0 Å². The van der Waals surface area contributed by atoms with Crippen LogP contribution in [0.2, 0.25) is 0 Å². The molecular formula is C18H30N2. The Bertz CT molecular complexity index is 325. The quantitative estimate of drug-likeness (QED) is 0.852. The Labute approximate surface area is 124 Å². The van der Waals surface area contributed by atoms with Gasteiger partial charge < -0.3 is 5.32 Å². The van der Waals surface area contributed by atoms with Crippen molar-refractivity contribution in [1.29, 1.82) is 0 Å². The highest BCUT2D eigenvalue weighted by Crippen LogP contribution is 2.17. The summed E-state index contributed by atoms with van der Waals surface area (Å²) in [5.74, 6) is 0. The molecule has 1 N–H and O–H groups in total. The number of aromatic nitrogens is 1. The van der Waals surface area contributed by atoms with Gasteiger partial charge in [0.25, 0.3) is 0 Å². The summed E-state index contributed by atoms with van der Waals surface area (Å²) in [6.45, 7) is 0.922. The standard InChI is InChI=1S/C18H30N2/c1-2-4-6-8-12-17(13-9-7-5-3-1)20-16-18-14-10-11-15-19-18/h10-11,14-15,17,20H,1-9,12-13,16H2. The van der Waals surface area contributed by atoms with Crippen LogP contribution in [0.25, 0.3) is 0 Å². The second-order valence-electron chi connectivity index (χ2n) is 6.16. The van der Waals surface area contributed by atoms with Crippen LogP contribution < -0.4 is 5.32 Å². The van der Waals surface area contributed by atoms with Gasteiger partial charge in [0.05, 0.1) is 5.69 Å². The van der Waals surface area contributed by atoms with Crippen molar-refractivity contribution in [3.63, 3.8) is 0 Å². The fourth-order valence-corrected chi connectivity index (χ4v) is 3.12. The lowest BCUT2D eigenvalue weighted by molar-refractivity contribution is 0.401. The summed E-state index contributed by atoms with van der Waals surface area (Å²) < 4.78 is 0. The van der Waals surface area contributed by atoms with Crippen LogP contribution in [0.1, 0.15) is 76.3 Å². The maximum atomic E-state index is 4.40. The van der Waals surface area contributed by atoms with E-state index in [-0.39, 0.29) is 0 Å². The maximum Gasteiger partial charge on any atom is 0.0541 e. The summed E-state index contributed by atoms with van der Waals surface area (Å²) in [7, 11) is 0. The molecule has 1 aromatic rings. The van der Waals surface area contributed by atoms with E-state index in [1.54, 1.807) is 0 Å². The van der Waals surface area contributed by atoms with E-state index in [2.05, 4.69) is 22.4 Å². The van der Waals surface area contributed by atoms with Crippen LogP contribution in [0.4, 0.5) is 0 Å². The number of rotatable bonds is 3. The average molecular weight is 274 g/mol. The molecule has 1 aliphatic rings. The Morgan fingerprint density at radius 2 is 1.45 bits per heavy atom. The normalized spacial score (nSPS) is 20.0. The zero-order valence-electron chi connectivity index (χ0n) is 12.8. The van der Waals surface area contributed by atoms with E-state index in [9.17, 15) is 0 Å². The van der Waals surface area contributed by atoms with Gasteiger partial charge >= 0.3 is 0 Å². The third kappa shape index (κ3) is 6.51. The molecule has 0 atom stereocenters. The Hall–Kier alpha value is -0.890. The molecule has 1 aliphatic carbocycles. The second kappa shape index (κ2) is 9.93. The van der Waals surface area contributed by atoms with E-state index in [1.165, 1.54) is 76.3 Å². The fraction of sp³-hybridized carbons (Fsp3) is 0.722. The summed E-state index contributed by atoms with van der Waals surface area (Å²) in [5.41, 5.74) is 1.17. The Morgan fingerprint density at radius 1 is 0.850 bits per heavy atom. The van der Waals surface area contributed by atoms with E-state index in [0.717, 1.165) is 6.54 Å². The zero-order valence-corrected chi connectivity index (χ0v) is 12.8. The van der Waals surface area contributed by atoms with Crippen LogP contribution in [-0.2, 0) is 6.54 Å². The van der Waals surface area contributed by atoms with E-state index in [0.29, 0.717) is 6.04 Å². The van der Waals surface area contributed by atoms with Crippen molar-refractivity contribution < 1.29 is 0 Å². The molecule has 20 heavy (non-hydrogen) atoms. The van der Waals surface area contributed by atoms with E-state index in [1.807, 2.05) is 12.3 Å². The Kier molecular flexibility index (Phi) is 7.69. The lowest BCUT2D eigenvalue weighted by Crippen LogP contribution is -2.29. The lowest BCUT2D eigenvalue weighted by atomic mass is 9.98. The SMILES string of the molecule is c1ccc(CNC2CCCCCCCCCCC2)nc1. The smallest absolute Gasteiger partial charge is 0.0541 e. The van der Waals surface area contributed by atoms with Gasteiger partial charge in [-0.05, 0) is 25.0 Å². The molecule has 2 nitrogen and oxygen atoms in total. The lowest BCUT2D eigenvalue weighted by Gasteiger charge is -2.19. The van der Waals surface area contributed by atoms with Crippen molar-refractivity contribution in [2.45, 2.75) is 83.2 Å². The highest BCUT2D eigenvalue weighted by Gasteiger charge is 2.09. The molecule has 1 saturated carbocycles. The van der Waals surface area contributed by atoms with Crippen molar-refractivity contribution in [2.24, 2.45) is 0 Å². The summed E-state index contributed by atoms with van der Waals surface area (Å²) in [4.78, 5) is 4.40. The first-order valence-electron chi connectivity index (χ1n) is 8.58. The summed E-state index contributed by atoms with van der Waals surface area (Å²) in [6.07, 6.45) is 17.4. The molecule has 1 aromatic heterocycles. The highest BCUT2D eigenvalue weighted by atomic mass is 14.9. The highest BCUT2D eigenvalue weighted by molar-refractivity contribution is 5.03. The Morgan fingerprint density at radius 3 is 2.00 bits per heavy atom. The van der Waals surface area contributed by atoms with E-state index >= 15 is 0 Å². The van der Waals surface area contributed by atoms with Crippen LogP contribution in [-0.4, -0.2) is 11.0 Å². The summed E-state index contributed by atoms with van der Waals surface area (Å²) in [6, 6.07) is 6.86. The van der Waals surface area contributed by atoms with Crippen molar-refractivity contribution >= 4 is 0 Å².